The summed E-state index contributed by atoms with van der Waals surface area (Å²) in [6.45, 7) is 1.49. The van der Waals surface area contributed by atoms with Crippen LogP contribution in [0.4, 0.5) is 5.69 Å². The standard InChI is InChI=1S/C10H9NO5/c1-6-5-7(9(12)10(13)16-2)3-4-8(6)11(14)15/h3-5H,1-2H3. The number of methoxy groups -OCH3 is 1. The van der Waals surface area contributed by atoms with E-state index in [0.29, 0.717) is 5.56 Å². The highest BCUT2D eigenvalue weighted by Gasteiger charge is 2.19. The molecule has 0 bridgehead atoms. The van der Waals surface area contributed by atoms with Crippen LogP contribution in [-0.2, 0) is 9.53 Å². The second kappa shape index (κ2) is 4.52. The van der Waals surface area contributed by atoms with Gasteiger partial charge < -0.3 is 4.74 Å². The highest BCUT2D eigenvalue weighted by molar-refractivity contribution is 6.40. The lowest BCUT2D eigenvalue weighted by molar-refractivity contribution is -0.385. The molecule has 0 aliphatic rings. The molecular formula is C10H9NO5. The lowest BCUT2D eigenvalue weighted by Crippen LogP contribution is -2.15. The van der Waals surface area contributed by atoms with Gasteiger partial charge >= 0.3 is 5.97 Å². The molecule has 84 valence electrons. The van der Waals surface area contributed by atoms with E-state index in [9.17, 15) is 19.7 Å². The zero-order chi connectivity index (χ0) is 12.3. The number of nitro groups is 1. The molecule has 1 aromatic rings. The lowest BCUT2D eigenvalue weighted by atomic mass is 10.1. The van der Waals surface area contributed by atoms with Crippen molar-refractivity contribution < 1.29 is 19.2 Å². The first-order valence-corrected chi connectivity index (χ1v) is 4.35. The van der Waals surface area contributed by atoms with Crippen molar-refractivity contribution in [2.75, 3.05) is 7.11 Å². The van der Waals surface area contributed by atoms with E-state index in [-0.39, 0.29) is 11.3 Å². The van der Waals surface area contributed by atoms with E-state index in [0.717, 1.165) is 7.11 Å². The maximum absolute atomic E-state index is 11.4. The van der Waals surface area contributed by atoms with E-state index >= 15 is 0 Å². The average Bonchev–Trinajstić information content (AvgIpc) is 2.26. The summed E-state index contributed by atoms with van der Waals surface area (Å²) in [6, 6.07) is 3.70. The number of hydrogen-bond acceptors (Lipinski definition) is 5. The van der Waals surface area contributed by atoms with Gasteiger partial charge in [-0.15, -0.1) is 0 Å². The summed E-state index contributed by atoms with van der Waals surface area (Å²) < 4.78 is 4.26. The molecule has 1 rings (SSSR count). The third-order valence-electron chi connectivity index (χ3n) is 2.03. The van der Waals surface area contributed by atoms with Crippen LogP contribution in [0.25, 0.3) is 0 Å². The van der Waals surface area contributed by atoms with Crippen LogP contribution in [0, 0.1) is 17.0 Å². The molecular weight excluding hydrogens is 214 g/mol. The fourth-order valence-corrected chi connectivity index (χ4v) is 1.21. The van der Waals surface area contributed by atoms with Crippen molar-refractivity contribution in [1.29, 1.82) is 0 Å². The minimum Gasteiger partial charge on any atom is -0.463 e. The number of ether oxygens (including phenoxy) is 1. The Bertz CT molecular complexity index is 466. The Balaban J connectivity index is 3.11. The largest absolute Gasteiger partial charge is 0.463 e. The summed E-state index contributed by atoms with van der Waals surface area (Å²) in [4.78, 5) is 32.3. The van der Waals surface area contributed by atoms with Crippen molar-refractivity contribution in [2.24, 2.45) is 0 Å². The summed E-state index contributed by atoms with van der Waals surface area (Å²) in [7, 11) is 1.10. The first-order chi connectivity index (χ1) is 7.47. The molecule has 0 fully saturated rings. The maximum atomic E-state index is 11.4. The van der Waals surface area contributed by atoms with Gasteiger partial charge in [-0.3, -0.25) is 14.9 Å². The smallest absolute Gasteiger partial charge is 0.379 e. The van der Waals surface area contributed by atoms with Crippen LogP contribution in [0.1, 0.15) is 15.9 Å². The number of rotatable bonds is 3. The fourth-order valence-electron chi connectivity index (χ4n) is 1.21. The number of hydrogen-bond donors (Lipinski definition) is 0. The normalized spacial score (nSPS) is 9.62. The van der Waals surface area contributed by atoms with Crippen LogP contribution in [0.15, 0.2) is 18.2 Å². The number of aryl methyl sites for hydroxylation is 1. The third kappa shape index (κ3) is 2.22. The summed E-state index contributed by atoms with van der Waals surface area (Å²) in [5, 5.41) is 10.5. The van der Waals surface area contributed by atoms with Crippen molar-refractivity contribution in [3.05, 3.63) is 39.4 Å². The van der Waals surface area contributed by atoms with Gasteiger partial charge in [0.1, 0.15) is 0 Å². The Hall–Kier alpha value is -2.24. The van der Waals surface area contributed by atoms with Gasteiger partial charge in [-0.25, -0.2) is 4.79 Å². The molecule has 1 aromatic carbocycles. The number of carbonyl (C=O) groups excluding carboxylic acids is 2. The molecule has 0 atom stereocenters. The highest BCUT2D eigenvalue weighted by Crippen LogP contribution is 2.19. The zero-order valence-corrected chi connectivity index (χ0v) is 8.72. The fraction of sp³-hybridized carbons (Fsp3) is 0.200. The highest BCUT2D eigenvalue weighted by atomic mass is 16.6. The summed E-state index contributed by atoms with van der Waals surface area (Å²) in [6.07, 6.45) is 0. The predicted octanol–water partition coefficient (Wildman–Crippen LogP) is 1.26. The Labute approximate surface area is 91.0 Å². The zero-order valence-electron chi connectivity index (χ0n) is 8.72. The molecule has 0 saturated carbocycles. The number of nitro benzene ring substituents is 1. The molecule has 0 unspecified atom stereocenters. The second-order valence-electron chi connectivity index (χ2n) is 3.08. The Morgan fingerprint density at radius 2 is 2.00 bits per heavy atom. The first kappa shape index (κ1) is 11.8. The van der Waals surface area contributed by atoms with Crippen molar-refractivity contribution in [1.82, 2.24) is 0 Å². The topological polar surface area (TPSA) is 86.5 Å². The van der Waals surface area contributed by atoms with E-state index in [1.54, 1.807) is 0 Å². The molecule has 6 heteroatoms. The summed E-state index contributed by atoms with van der Waals surface area (Å²) in [5.74, 6) is -1.81. The molecule has 0 heterocycles. The van der Waals surface area contributed by atoms with Gasteiger partial charge in [0.2, 0.25) is 0 Å². The molecule has 0 amide bonds. The molecule has 6 nitrogen and oxygen atoms in total. The van der Waals surface area contributed by atoms with Crippen molar-refractivity contribution in [3.8, 4) is 0 Å². The minimum atomic E-state index is -0.992. The third-order valence-corrected chi connectivity index (χ3v) is 2.03. The monoisotopic (exact) mass is 223 g/mol. The summed E-state index contributed by atoms with van der Waals surface area (Å²) >= 11 is 0. The summed E-state index contributed by atoms with van der Waals surface area (Å²) in [5.41, 5.74) is 0.302. The predicted molar refractivity (Wildman–Crippen MR) is 54.2 cm³/mol. The van der Waals surface area contributed by atoms with E-state index in [1.807, 2.05) is 0 Å². The van der Waals surface area contributed by atoms with Gasteiger partial charge in [-0.2, -0.15) is 0 Å². The Kier molecular flexibility index (Phi) is 3.34. The van der Waals surface area contributed by atoms with Crippen molar-refractivity contribution >= 4 is 17.4 Å². The second-order valence-corrected chi connectivity index (χ2v) is 3.08. The number of ketones is 1. The molecule has 0 aliphatic heterocycles. The number of esters is 1. The lowest BCUT2D eigenvalue weighted by Gasteiger charge is -2.01. The number of nitrogens with zero attached hydrogens (tertiary/aromatic N) is 1. The van der Waals surface area contributed by atoms with Gasteiger partial charge in [-0.05, 0) is 19.1 Å². The Morgan fingerprint density at radius 3 is 2.44 bits per heavy atom. The van der Waals surface area contributed by atoms with Crippen LogP contribution in [0.2, 0.25) is 0 Å². The number of carbonyl (C=O) groups is 2. The molecule has 0 N–H and O–H groups in total. The SMILES string of the molecule is COC(=O)C(=O)c1ccc([N+](=O)[O-])c(C)c1. The van der Waals surface area contributed by atoms with Crippen molar-refractivity contribution in [2.45, 2.75) is 6.92 Å². The molecule has 16 heavy (non-hydrogen) atoms. The van der Waals surface area contributed by atoms with Crippen LogP contribution >= 0.6 is 0 Å². The molecule has 0 aliphatic carbocycles. The quantitative estimate of drug-likeness (QED) is 0.253. The van der Waals surface area contributed by atoms with E-state index in [1.165, 1.54) is 25.1 Å². The van der Waals surface area contributed by atoms with E-state index in [4.69, 9.17) is 0 Å². The van der Waals surface area contributed by atoms with Crippen LogP contribution < -0.4 is 0 Å². The first-order valence-electron chi connectivity index (χ1n) is 4.35. The number of Topliss-reactive ketones (excluding diaryl/α,β-unsaturated/α-hetero) is 1. The van der Waals surface area contributed by atoms with Gasteiger partial charge in [-0.1, -0.05) is 0 Å². The minimum absolute atomic E-state index is 0.0787. The molecule has 0 radical (unpaired) electrons. The van der Waals surface area contributed by atoms with Gasteiger partial charge in [0.15, 0.2) is 0 Å². The average molecular weight is 223 g/mol. The van der Waals surface area contributed by atoms with Crippen LogP contribution in [0.5, 0.6) is 0 Å². The van der Waals surface area contributed by atoms with E-state index in [2.05, 4.69) is 4.74 Å². The Morgan fingerprint density at radius 1 is 1.38 bits per heavy atom. The molecule has 0 saturated heterocycles. The van der Waals surface area contributed by atoms with Crippen molar-refractivity contribution in [3.63, 3.8) is 0 Å². The van der Waals surface area contributed by atoms with Gasteiger partial charge in [0.25, 0.3) is 11.5 Å². The van der Waals surface area contributed by atoms with E-state index < -0.39 is 16.7 Å². The van der Waals surface area contributed by atoms with Gasteiger partial charge in [0, 0.05) is 17.2 Å². The van der Waals surface area contributed by atoms with Gasteiger partial charge in [0.05, 0.1) is 12.0 Å². The van der Waals surface area contributed by atoms with Crippen LogP contribution in [-0.4, -0.2) is 23.8 Å². The maximum Gasteiger partial charge on any atom is 0.379 e. The van der Waals surface area contributed by atoms with Crippen LogP contribution in [0.3, 0.4) is 0 Å². The number of benzene rings is 1. The molecule has 0 spiro atoms. The molecule has 0 aromatic heterocycles.